The number of pyridine rings is 1. The molecule has 1 heterocycles. The Hall–Kier alpha value is -0.600. The lowest BCUT2D eigenvalue weighted by Crippen LogP contribution is -2.36. The Kier molecular flexibility index (Phi) is 3.04. The summed E-state index contributed by atoms with van der Waals surface area (Å²) >= 11 is 5.83. The van der Waals surface area contributed by atoms with Crippen LogP contribution in [-0.2, 0) is 6.54 Å². The van der Waals surface area contributed by atoms with Crippen LogP contribution in [-0.4, -0.2) is 23.0 Å². The molecule has 1 aliphatic rings. The molecular weight excluding hydrogens is 196 g/mol. The van der Waals surface area contributed by atoms with E-state index in [1.54, 1.807) is 0 Å². The Balaban J connectivity index is 1.95. The van der Waals surface area contributed by atoms with Crippen LogP contribution in [0.25, 0.3) is 0 Å². The second kappa shape index (κ2) is 4.28. The summed E-state index contributed by atoms with van der Waals surface area (Å²) in [6.07, 6.45) is 4.03. The minimum atomic E-state index is 0.588. The van der Waals surface area contributed by atoms with Crippen LogP contribution in [0.15, 0.2) is 18.2 Å². The molecule has 0 N–H and O–H groups in total. The second-order valence-corrected chi connectivity index (χ2v) is 4.34. The lowest BCUT2D eigenvalue weighted by atomic mass is 9.92. The summed E-state index contributed by atoms with van der Waals surface area (Å²) in [5.41, 5.74) is 1.06. The quantitative estimate of drug-likeness (QED) is 0.714. The number of rotatable bonds is 3. The van der Waals surface area contributed by atoms with Gasteiger partial charge in [0.05, 0.1) is 5.69 Å². The molecule has 1 aromatic rings. The average Bonchev–Trinajstić information content (AvgIpc) is 1.99. The molecule has 1 aliphatic carbocycles. The zero-order chi connectivity index (χ0) is 9.97. The van der Waals surface area contributed by atoms with Gasteiger partial charge in [-0.05, 0) is 32.0 Å². The predicted molar refractivity (Wildman–Crippen MR) is 58.4 cm³/mol. The van der Waals surface area contributed by atoms with E-state index in [-0.39, 0.29) is 0 Å². The van der Waals surface area contributed by atoms with Crippen molar-refractivity contribution in [1.82, 2.24) is 9.88 Å². The summed E-state index contributed by atoms with van der Waals surface area (Å²) < 4.78 is 0. The lowest BCUT2D eigenvalue weighted by molar-refractivity contribution is 0.151. The van der Waals surface area contributed by atoms with Crippen molar-refractivity contribution in [3.63, 3.8) is 0 Å². The van der Waals surface area contributed by atoms with E-state index >= 15 is 0 Å². The maximum Gasteiger partial charge on any atom is 0.129 e. The van der Waals surface area contributed by atoms with Crippen LogP contribution in [0.2, 0.25) is 5.15 Å². The van der Waals surface area contributed by atoms with Crippen LogP contribution in [0.1, 0.15) is 25.0 Å². The van der Waals surface area contributed by atoms with Gasteiger partial charge in [-0.15, -0.1) is 0 Å². The van der Waals surface area contributed by atoms with E-state index in [0.29, 0.717) is 5.15 Å². The summed E-state index contributed by atoms with van der Waals surface area (Å²) in [6.45, 7) is 0.908. The van der Waals surface area contributed by atoms with Gasteiger partial charge in [-0.2, -0.15) is 0 Å². The summed E-state index contributed by atoms with van der Waals surface area (Å²) in [5.74, 6) is 0. The number of aromatic nitrogens is 1. The van der Waals surface area contributed by atoms with Crippen LogP contribution in [0.5, 0.6) is 0 Å². The molecule has 0 bridgehead atoms. The molecule has 0 aromatic carbocycles. The zero-order valence-electron chi connectivity index (χ0n) is 8.41. The minimum absolute atomic E-state index is 0.588. The number of nitrogens with zero attached hydrogens (tertiary/aromatic N) is 2. The molecule has 76 valence electrons. The molecule has 2 nitrogen and oxygen atoms in total. The van der Waals surface area contributed by atoms with E-state index in [2.05, 4.69) is 16.9 Å². The van der Waals surface area contributed by atoms with Crippen molar-refractivity contribution in [2.45, 2.75) is 31.8 Å². The Bertz CT molecular complexity index is 310. The first-order valence-corrected chi connectivity index (χ1v) is 5.45. The number of halogens is 1. The van der Waals surface area contributed by atoms with Crippen LogP contribution < -0.4 is 0 Å². The fourth-order valence-corrected chi connectivity index (χ4v) is 1.93. The van der Waals surface area contributed by atoms with Gasteiger partial charge in [0, 0.05) is 12.6 Å². The van der Waals surface area contributed by atoms with Crippen molar-refractivity contribution in [2.75, 3.05) is 7.05 Å². The van der Waals surface area contributed by atoms with Gasteiger partial charge in [-0.3, -0.25) is 4.90 Å². The van der Waals surface area contributed by atoms with Crippen LogP contribution in [0, 0.1) is 0 Å². The minimum Gasteiger partial charge on any atom is -0.298 e. The molecule has 0 amide bonds. The van der Waals surface area contributed by atoms with Crippen molar-refractivity contribution < 1.29 is 0 Å². The van der Waals surface area contributed by atoms with Gasteiger partial charge >= 0.3 is 0 Å². The number of hydrogen-bond acceptors (Lipinski definition) is 2. The van der Waals surface area contributed by atoms with Gasteiger partial charge in [0.15, 0.2) is 0 Å². The van der Waals surface area contributed by atoms with Crippen LogP contribution >= 0.6 is 11.6 Å². The second-order valence-electron chi connectivity index (χ2n) is 3.95. The third kappa shape index (κ3) is 2.25. The molecule has 0 spiro atoms. The van der Waals surface area contributed by atoms with Crippen molar-refractivity contribution in [3.05, 3.63) is 29.0 Å². The van der Waals surface area contributed by atoms with E-state index in [9.17, 15) is 0 Å². The van der Waals surface area contributed by atoms with Crippen molar-refractivity contribution >= 4 is 11.6 Å². The molecule has 0 saturated heterocycles. The van der Waals surface area contributed by atoms with Gasteiger partial charge < -0.3 is 0 Å². The van der Waals surface area contributed by atoms with E-state index in [4.69, 9.17) is 11.6 Å². The van der Waals surface area contributed by atoms with Crippen LogP contribution in [0.3, 0.4) is 0 Å². The maximum atomic E-state index is 5.83. The summed E-state index contributed by atoms with van der Waals surface area (Å²) in [4.78, 5) is 6.64. The highest BCUT2D eigenvalue weighted by atomic mass is 35.5. The summed E-state index contributed by atoms with van der Waals surface area (Å²) in [6, 6.07) is 6.56. The molecule has 1 fully saturated rings. The SMILES string of the molecule is CN(Cc1cccc(Cl)n1)C1CCC1. The first kappa shape index (κ1) is 9.94. The van der Waals surface area contributed by atoms with Gasteiger partial charge in [0.1, 0.15) is 5.15 Å². The molecule has 1 aromatic heterocycles. The molecule has 2 rings (SSSR count). The Morgan fingerprint density at radius 1 is 1.50 bits per heavy atom. The molecule has 0 atom stereocenters. The van der Waals surface area contributed by atoms with Crippen molar-refractivity contribution in [3.8, 4) is 0 Å². The standard InChI is InChI=1S/C11H15ClN2/c1-14(10-5-3-6-10)8-9-4-2-7-11(12)13-9/h2,4,7,10H,3,5-6,8H2,1H3. The number of hydrogen-bond donors (Lipinski definition) is 0. The van der Waals surface area contributed by atoms with Gasteiger partial charge in [-0.25, -0.2) is 4.98 Å². The normalized spacial score (nSPS) is 17.1. The fraction of sp³-hybridized carbons (Fsp3) is 0.545. The molecule has 0 aliphatic heterocycles. The largest absolute Gasteiger partial charge is 0.298 e. The summed E-state index contributed by atoms with van der Waals surface area (Å²) in [7, 11) is 2.16. The van der Waals surface area contributed by atoms with E-state index in [1.807, 2.05) is 18.2 Å². The van der Waals surface area contributed by atoms with Crippen LogP contribution in [0.4, 0.5) is 0 Å². The van der Waals surface area contributed by atoms with Crippen molar-refractivity contribution in [2.24, 2.45) is 0 Å². The van der Waals surface area contributed by atoms with E-state index in [1.165, 1.54) is 19.3 Å². The molecule has 3 heteroatoms. The molecule has 14 heavy (non-hydrogen) atoms. The first-order valence-electron chi connectivity index (χ1n) is 5.07. The van der Waals surface area contributed by atoms with Gasteiger partial charge in [0.2, 0.25) is 0 Å². The monoisotopic (exact) mass is 210 g/mol. The average molecular weight is 211 g/mol. The Morgan fingerprint density at radius 2 is 2.29 bits per heavy atom. The highest BCUT2D eigenvalue weighted by Gasteiger charge is 2.21. The molecule has 0 unspecified atom stereocenters. The molecular formula is C11H15ClN2. The smallest absolute Gasteiger partial charge is 0.129 e. The topological polar surface area (TPSA) is 16.1 Å². The maximum absolute atomic E-state index is 5.83. The lowest BCUT2D eigenvalue weighted by Gasteiger charge is -2.34. The highest BCUT2D eigenvalue weighted by molar-refractivity contribution is 6.29. The Labute approximate surface area is 89.9 Å². The predicted octanol–water partition coefficient (Wildman–Crippen LogP) is 2.72. The van der Waals surface area contributed by atoms with Gasteiger partial charge in [-0.1, -0.05) is 24.1 Å². The van der Waals surface area contributed by atoms with E-state index in [0.717, 1.165) is 18.3 Å². The third-order valence-corrected chi connectivity index (χ3v) is 3.09. The zero-order valence-corrected chi connectivity index (χ0v) is 9.17. The Morgan fingerprint density at radius 3 is 2.86 bits per heavy atom. The molecule has 0 radical (unpaired) electrons. The first-order chi connectivity index (χ1) is 6.75. The summed E-state index contributed by atoms with van der Waals surface area (Å²) in [5, 5.41) is 0.588. The van der Waals surface area contributed by atoms with E-state index < -0.39 is 0 Å². The molecule has 1 saturated carbocycles. The third-order valence-electron chi connectivity index (χ3n) is 2.88. The highest BCUT2D eigenvalue weighted by Crippen LogP contribution is 2.24. The van der Waals surface area contributed by atoms with Gasteiger partial charge in [0.25, 0.3) is 0 Å². The fourth-order valence-electron chi connectivity index (χ4n) is 1.75. The van der Waals surface area contributed by atoms with Crippen molar-refractivity contribution in [1.29, 1.82) is 0 Å².